The summed E-state index contributed by atoms with van der Waals surface area (Å²) in [6.07, 6.45) is 4.41. The minimum absolute atomic E-state index is 0. The van der Waals surface area contributed by atoms with E-state index in [0.717, 1.165) is 25.6 Å². The summed E-state index contributed by atoms with van der Waals surface area (Å²) in [5.41, 5.74) is 3.76. The summed E-state index contributed by atoms with van der Waals surface area (Å²) in [6, 6.07) is 19.3. The third kappa shape index (κ3) is 5.49. The largest absolute Gasteiger partial charge is 0.364 e. The Morgan fingerprint density at radius 3 is 2.31 bits per heavy atom. The lowest BCUT2D eigenvalue weighted by Gasteiger charge is -2.19. The lowest BCUT2D eigenvalue weighted by molar-refractivity contribution is 0.685. The van der Waals surface area contributed by atoms with E-state index in [0.29, 0.717) is 0 Å². The smallest absolute Gasteiger partial charge is 0.191 e. The van der Waals surface area contributed by atoms with E-state index in [1.807, 2.05) is 6.07 Å². The second-order valence-corrected chi connectivity index (χ2v) is 6.25. The van der Waals surface area contributed by atoms with Gasteiger partial charge in [-0.1, -0.05) is 54.6 Å². The van der Waals surface area contributed by atoms with Gasteiger partial charge in [-0.3, -0.25) is 4.99 Å². The Morgan fingerprint density at radius 2 is 1.69 bits per heavy atom. The third-order valence-corrected chi connectivity index (χ3v) is 4.46. The fourth-order valence-electron chi connectivity index (χ4n) is 2.92. The SMILES string of the molecule is CN=C(NCc1ccc(N2CC=CC2)cc1)NC(C)c1ccccc1.I. The number of aliphatic imine (C=N–C) groups is 1. The van der Waals surface area contributed by atoms with Crippen LogP contribution in [0.1, 0.15) is 24.1 Å². The molecule has 2 aromatic carbocycles. The standard InChI is InChI=1S/C21H26N4.HI/c1-17(19-8-4-3-5-9-19)24-21(22-2)23-16-18-10-12-20(13-11-18)25-14-6-7-15-25;/h3-13,17H,14-16H2,1-2H3,(H2,22,23,24);1H. The van der Waals surface area contributed by atoms with Gasteiger partial charge in [-0.15, -0.1) is 24.0 Å². The number of guanidine groups is 1. The van der Waals surface area contributed by atoms with Crippen LogP contribution in [0.15, 0.2) is 71.7 Å². The predicted molar refractivity (Wildman–Crippen MR) is 121 cm³/mol. The molecule has 0 saturated carbocycles. The molecule has 26 heavy (non-hydrogen) atoms. The van der Waals surface area contributed by atoms with Crippen molar-refractivity contribution < 1.29 is 0 Å². The molecule has 0 radical (unpaired) electrons. The highest BCUT2D eigenvalue weighted by Gasteiger charge is 2.09. The maximum absolute atomic E-state index is 4.33. The first-order valence-corrected chi connectivity index (χ1v) is 8.77. The highest BCUT2D eigenvalue weighted by atomic mass is 127. The molecule has 2 aromatic rings. The van der Waals surface area contributed by atoms with E-state index >= 15 is 0 Å². The monoisotopic (exact) mass is 462 g/mol. The summed E-state index contributed by atoms with van der Waals surface area (Å²) >= 11 is 0. The zero-order chi connectivity index (χ0) is 17.5. The van der Waals surface area contributed by atoms with Crippen molar-refractivity contribution in [3.8, 4) is 0 Å². The van der Waals surface area contributed by atoms with Crippen LogP contribution >= 0.6 is 24.0 Å². The second-order valence-electron chi connectivity index (χ2n) is 6.25. The van der Waals surface area contributed by atoms with Gasteiger partial charge in [0.1, 0.15) is 0 Å². The highest BCUT2D eigenvalue weighted by molar-refractivity contribution is 14.0. The molecule has 0 amide bonds. The van der Waals surface area contributed by atoms with Crippen molar-refractivity contribution >= 4 is 35.6 Å². The molecule has 3 rings (SSSR count). The van der Waals surface area contributed by atoms with Gasteiger partial charge in [0.15, 0.2) is 5.96 Å². The van der Waals surface area contributed by atoms with Crippen LogP contribution in [-0.4, -0.2) is 26.1 Å². The molecule has 2 N–H and O–H groups in total. The van der Waals surface area contributed by atoms with E-state index < -0.39 is 0 Å². The summed E-state index contributed by atoms with van der Waals surface area (Å²) in [7, 11) is 1.80. The first-order chi connectivity index (χ1) is 12.3. The number of benzene rings is 2. The van der Waals surface area contributed by atoms with E-state index in [4.69, 9.17) is 0 Å². The molecule has 5 heteroatoms. The van der Waals surface area contributed by atoms with Crippen molar-refractivity contribution in [2.45, 2.75) is 19.5 Å². The van der Waals surface area contributed by atoms with Gasteiger partial charge < -0.3 is 15.5 Å². The molecule has 0 aromatic heterocycles. The molecule has 4 nitrogen and oxygen atoms in total. The van der Waals surface area contributed by atoms with Gasteiger partial charge in [0, 0.05) is 32.4 Å². The average molecular weight is 462 g/mol. The topological polar surface area (TPSA) is 39.7 Å². The number of halogens is 1. The third-order valence-electron chi connectivity index (χ3n) is 4.46. The minimum Gasteiger partial charge on any atom is -0.364 e. The van der Waals surface area contributed by atoms with Gasteiger partial charge in [-0.2, -0.15) is 0 Å². The first-order valence-electron chi connectivity index (χ1n) is 8.77. The summed E-state index contributed by atoms with van der Waals surface area (Å²) < 4.78 is 0. The van der Waals surface area contributed by atoms with Crippen LogP contribution in [-0.2, 0) is 6.54 Å². The minimum atomic E-state index is 0. The molecular weight excluding hydrogens is 435 g/mol. The number of anilines is 1. The summed E-state index contributed by atoms with van der Waals surface area (Å²) in [5.74, 6) is 0.809. The van der Waals surface area contributed by atoms with Gasteiger partial charge >= 0.3 is 0 Å². The molecule has 0 fully saturated rings. The Morgan fingerprint density at radius 1 is 1.04 bits per heavy atom. The zero-order valence-electron chi connectivity index (χ0n) is 15.4. The number of hydrogen-bond acceptors (Lipinski definition) is 2. The van der Waals surface area contributed by atoms with Gasteiger partial charge in [-0.05, 0) is 30.2 Å². The lowest BCUT2D eigenvalue weighted by atomic mass is 10.1. The fraction of sp³-hybridized carbons (Fsp3) is 0.286. The maximum Gasteiger partial charge on any atom is 0.191 e. The average Bonchev–Trinajstić information content (AvgIpc) is 3.21. The molecule has 0 saturated heterocycles. The van der Waals surface area contributed by atoms with Crippen LogP contribution in [0.5, 0.6) is 0 Å². The summed E-state index contributed by atoms with van der Waals surface area (Å²) in [4.78, 5) is 6.67. The van der Waals surface area contributed by atoms with Crippen LogP contribution in [0.4, 0.5) is 5.69 Å². The van der Waals surface area contributed by atoms with Crippen LogP contribution in [0, 0.1) is 0 Å². The molecule has 0 aliphatic carbocycles. The maximum atomic E-state index is 4.33. The van der Waals surface area contributed by atoms with Crippen molar-refractivity contribution in [1.82, 2.24) is 10.6 Å². The Bertz CT molecular complexity index is 717. The molecule has 1 heterocycles. The number of hydrogen-bond donors (Lipinski definition) is 2. The molecule has 1 atom stereocenters. The second kappa shape index (κ2) is 10.2. The van der Waals surface area contributed by atoms with E-state index in [1.165, 1.54) is 16.8 Å². The Labute approximate surface area is 173 Å². The van der Waals surface area contributed by atoms with Crippen LogP contribution in [0.2, 0.25) is 0 Å². The molecule has 0 spiro atoms. The number of rotatable bonds is 5. The van der Waals surface area contributed by atoms with Crippen molar-refractivity contribution in [3.63, 3.8) is 0 Å². The van der Waals surface area contributed by atoms with Crippen molar-refractivity contribution in [2.24, 2.45) is 4.99 Å². The Hall–Kier alpha value is -2.02. The molecule has 1 unspecified atom stereocenters. The summed E-state index contributed by atoms with van der Waals surface area (Å²) in [6.45, 7) is 4.90. The Balaban J connectivity index is 0.00000243. The predicted octanol–water partition coefficient (Wildman–Crippen LogP) is 4.11. The van der Waals surface area contributed by atoms with Crippen LogP contribution in [0.25, 0.3) is 0 Å². The number of nitrogens with zero attached hydrogens (tertiary/aromatic N) is 2. The summed E-state index contributed by atoms with van der Waals surface area (Å²) in [5, 5.41) is 6.82. The Kier molecular flexibility index (Phi) is 7.97. The van der Waals surface area contributed by atoms with Crippen LogP contribution in [0.3, 0.4) is 0 Å². The molecule has 138 valence electrons. The highest BCUT2D eigenvalue weighted by Crippen LogP contribution is 2.17. The normalized spacial score (nSPS) is 14.7. The van der Waals surface area contributed by atoms with E-state index in [1.54, 1.807) is 7.05 Å². The van der Waals surface area contributed by atoms with Gasteiger partial charge in [0.25, 0.3) is 0 Å². The first kappa shape index (κ1) is 20.3. The molecular formula is C21H27IN4. The van der Waals surface area contributed by atoms with Gasteiger partial charge in [0.2, 0.25) is 0 Å². The van der Waals surface area contributed by atoms with Gasteiger partial charge in [-0.25, -0.2) is 0 Å². The number of nitrogens with one attached hydrogen (secondary N) is 2. The fourth-order valence-corrected chi connectivity index (χ4v) is 2.92. The lowest BCUT2D eigenvalue weighted by Crippen LogP contribution is -2.38. The quantitative estimate of drug-likeness (QED) is 0.304. The van der Waals surface area contributed by atoms with Gasteiger partial charge in [0.05, 0.1) is 6.04 Å². The molecule has 0 bridgehead atoms. The van der Waals surface area contributed by atoms with E-state index in [2.05, 4.69) is 88.1 Å². The zero-order valence-corrected chi connectivity index (χ0v) is 17.7. The molecule has 1 aliphatic heterocycles. The van der Waals surface area contributed by atoms with Crippen LogP contribution < -0.4 is 15.5 Å². The molecule has 1 aliphatic rings. The van der Waals surface area contributed by atoms with Crippen molar-refractivity contribution in [3.05, 3.63) is 77.9 Å². The van der Waals surface area contributed by atoms with Crippen molar-refractivity contribution in [1.29, 1.82) is 0 Å². The van der Waals surface area contributed by atoms with Crippen molar-refractivity contribution in [2.75, 3.05) is 25.0 Å². The van der Waals surface area contributed by atoms with E-state index in [-0.39, 0.29) is 30.0 Å². The van der Waals surface area contributed by atoms with E-state index in [9.17, 15) is 0 Å².